The lowest BCUT2D eigenvalue weighted by molar-refractivity contribution is 0.0477. The Hall–Kier alpha value is -0.810. The van der Waals surface area contributed by atoms with Gasteiger partial charge in [-0.05, 0) is 18.4 Å². The highest BCUT2D eigenvalue weighted by Gasteiger charge is 2.13. The van der Waals surface area contributed by atoms with E-state index in [9.17, 15) is 8.78 Å². The molecule has 0 amide bonds. The van der Waals surface area contributed by atoms with E-state index in [1.807, 2.05) is 0 Å². The van der Waals surface area contributed by atoms with Gasteiger partial charge in [-0.15, -0.1) is 11.8 Å². The van der Waals surface area contributed by atoms with Crippen molar-refractivity contribution in [2.45, 2.75) is 4.90 Å². The Bertz CT molecular complexity index is 318. The maximum Gasteiger partial charge on any atom is 0.188 e. The fourth-order valence-corrected chi connectivity index (χ4v) is 1.48. The van der Waals surface area contributed by atoms with Crippen LogP contribution >= 0.6 is 11.8 Å². The van der Waals surface area contributed by atoms with Gasteiger partial charge in [0, 0.05) is 7.11 Å². The fraction of sp³-hybridized carbons (Fsp3) is 0.333. The van der Waals surface area contributed by atoms with Gasteiger partial charge in [0.15, 0.2) is 18.4 Å². The Balaban J connectivity index is 2.96. The molecule has 1 aromatic rings. The van der Waals surface area contributed by atoms with E-state index < -0.39 is 11.6 Å². The third-order valence-electron chi connectivity index (χ3n) is 1.55. The molecule has 0 bridgehead atoms. The number of methoxy groups -OCH3 is 1. The molecule has 1 rings (SSSR count). The molecule has 0 spiro atoms. The van der Waals surface area contributed by atoms with Crippen LogP contribution in [0.4, 0.5) is 8.78 Å². The molecule has 0 radical (unpaired) electrons. The predicted octanol–water partition coefficient (Wildman–Crippen LogP) is 2.67. The molecule has 14 heavy (non-hydrogen) atoms. The van der Waals surface area contributed by atoms with Gasteiger partial charge in [-0.25, -0.2) is 8.78 Å². The summed E-state index contributed by atoms with van der Waals surface area (Å²) in [4.78, 5) is -0.0430. The Morgan fingerprint density at radius 2 is 2.07 bits per heavy atom. The van der Waals surface area contributed by atoms with Gasteiger partial charge in [-0.2, -0.15) is 0 Å². The molecule has 0 aliphatic carbocycles. The van der Waals surface area contributed by atoms with Crippen LogP contribution in [0.25, 0.3) is 0 Å². The summed E-state index contributed by atoms with van der Waals surface area (Å²) < 4.78 is 35.9. The van der Waals surface area contributed by atoms with Gasteiger partial charge in [0.25, 0.3) is 0 Å². The summed E-state index contributed by atoms with van der Waals surface area (Å²) in [6.07, 6.45) is 1.60. The third-order valence-corrected chi connectivity index (χ3v) is 2.33. The first-order chi connectivity index (χ1) is 6.70. The van der Waals surface area contributed by atoms with Crippen molar-refractivity contribution in [2.75, 3.05) is 20.2 Å². The zero-order valence-corrected chi connectivity index (χ0v) is 8.66. The second-order valence-electron chi connectivity index (χ2n) is 2.44. The standard InChI is InChI=1S/C9H10F2O2S/c1-12-5-13-7-4-3-6(10)9(14-2)8(7)11/h3-4H,5H2,1-2H3. The molecule has 0 aromatic heterocycles. The van der Waals surface area contributed by atoms with Gasteiger partial charge in [0.05, 0.1) is 4.90 Å². The van der Waals surface area contributed by atoms with Crippen molar-refractivity contribution >= 4 is 11.8 Å². The Labute approximate surface area is 85.2 Å². The van der Waals surface area contributed by atoms with Crippen LogP contribution in [0.5, 0.6) is 5.75 Å². The Morgan fingerprint density at radius 1 is 1.36 bits per heavy atom. The number of thioether (sulfide) groups is 1. The zero-order valence-electron chi connectivity index (χ0n) is 7.84. The van der Waals surface area contributed by atoms with Gasteiger partial charge < -0.3 is 9.47 Å². The molecule has 0 unspecified atom stereocenters. The minimum atomic E-state index is -0.686. The van der Waals surface area contributed by atoms with Crippen LogP contribution in [-0.4, -0.2) is 20.2 Å². The van der Waals surface area contributed by atoms with Gasteiger partial charge in [-0.3, -0.25) is 0 Å². The number of benzene rings is 1. The van der Waals surface area contributed by atoms with Crippen LogP contribution in [0.2, 0.25) is 0 Å². The second-order valence-corrected chi connectivity index (χ2v) is 3.26. The molecule has 0 atom stereocenters. The van der Waals surface area contributed by atoms with E-state index in [2.05, 4.69) is 4.74 Å². The van der Waals surface area contributed by atoms with E-state index in [1.165, 1.54) is 19.2 Å². The number of ether oxygens (including phenoxy) is 2. The number of hydrogen-bond acceptors (Lipinski definition) is 3. The molecule has 5 heteroatoms. The van der Waals surface area contributed by atoms with E-state index in [-0.39, 0.29) is 17.4 Å². The average Bonchev–Trinajstić information content (AvgIpc) is 2.18. The Morgan fingerprint density at radius 3 is 2.64 bits per heavy atom. The highest BCUT2D eigenvalue weighted by atomic mass is 32.2. The largest absolute Gasteiger partial charge is 0.464 e. The van der Waals surface area contributed by atoms with E-state index in [0.29, 0.717) is 0 Å². The molecular weight excluding hydrogens is 210 g/mol. The summed E-state index contributed by atoms with van der Waals surface area (Å²) in [5, 5.41) is 0. The minimum Gasteiger partial charge on any atom is -0.464 e. The van der Waals surface area contributed by atoms with Crippen LogP contribution < -0.4 is 4.74 Å². The summed E-state index contributed by atoms with van der Waals surface area (Å²) in [6, 6.07) is 2.41. The van der Waals surface area contributed by atoms with Crippen molar-refractivity contribution in [3.8, 4) is 5.75 Å². The van der Waals surface area contributed by atoms with Crippen molar-refractivity contribution in [3.05, 3.63) is 23.8 Å². The molecule has 2 nitrogen and oxygen atoms in total. The van der Waals surface area contributed by atoms with Crippen LogP contribution in [-0.2, 0) is 4.74 Å². The fourth-order valence-electron chi connectivity index (χ4n) is 0.935. The van der Waals surface area contributed by atoms with Gasteiger partial charge >= 0.3 is 0 Å². The molecule has 0 aliphatic rings. The molecule has 0 heterocycles. The van der Waals surface area contributed by atoms with Crippen LogP contribution in [0.15, 0.2) is 17.0 Å². The molecule has 0 N–H and O–H groups in total. The minimum absolute atomic E-state index is 0.00222. The average molecular weight is 220 g/mol. The van der Waals surface area contributed by atoms with E-state index in [4.69, 9.17) is 4.74 Å². The maximum absolute atomic E-state index is 13.4. The topological polar surface area (TPSA) is 18.5 Å². The van der Waals surface area contributed by atoms with E-state index >= 15 is 0 Å². The summed E-state index contributed by atoms with van der Waals surface area (Å²) in [6.45, 7) is -0.0592. The summed E-state index contributed by atoms with van der Waals surface area (Å²) in [5.41, 5.74) is 0. The van der Waals surface area contributed by atoms with Crippen LogP contribution in [0.3, 0.4) is 0 Å². The van der Waals surface area contributed by atoms with Crippen molar-refractivity contribution in [2.24, 2.45) is 0 Å². The first kappa shape index (κ1) is 11.3. The van der Waals surface area contributed by atoms with Gasteiger partial charge in [0.2, 0.25) is 0 Å². The predicted molar refractivity (Wildman–Crippen MR) is 50.6 cm³/mol. The molecule has 0 saturated carbocycles. The highest BCUT2D eigenvalue weighted by Crippen LogP contribution is 2.29. The molecule has 1 aromatic carbocycles. The van der Waals surface area contributed by atoms with Crippen molar-refractivity contribution < 1.29 is 18.3 Å². The number of hydrogen-bond donors (Lipinski definition) is 0. The van der Waals surface area contributed by atoms with Gasteiger partial charge in [0.1, 0.15) is 5.82 Å². The van der Waals surface area contributed by atoms with E-state index in [0.717, 1.165) is 11.8 Å². The quantitative estimate of drug-likeness (QED) is 0.574. The Kier molecular flexibility index (Phi) is 4.16. The summed E-state index contributed by atoms with van der Waals surface area (Å²) in [5.74, 6) is -1.27. The third kappa shape index (κ3) is 2.36. The molecule has 78 valence electrons. The lowest BCUT2D eigenvalue weighted by Crippen LogP contribution is -2.02. The van der Waals surface area contributed by atoms with Crippen LogP contribution in [0, 0.1) is 11.6 Å². The van der Waals surface area contributed by atoms with Crippen molar-refractivity contribution in [1.82, 2.24) is 0 Å². The van der Waals surface area contributed by atoms with E-state index in [1.54, 1.807) is 6.26 Å². The highest BCUT2D eigenvalue weighted by molar-refractivity contribution is 7.98. The number of halogens is 2. The number of rotatable bonds is 4. The maximum atomic E-state index is 13.4. The second kappa shape index (κ2) is 5.17. The monoisotopic (exact) mass is 220 g/mol. The lowest BCUT2D eigenvalue weighted by atomic mass is 10.3. The zero-order chi connectivity index (χ0) is 10.6. The molecule has 0 saturated heterocycles. The van der Waals surface area contributed by atoms with Gasteiger partial charge in [-0.1, -0.05) is 0 Å². The lowest BCUT2D eigenvalue weighted by Gasteiger charge is -2.08. The first-order valence-corrected chi connectivity index (χ1v) is 5.07. The smallest absolute Gasteiger partial charge is 0.188 e. The normalized spacial score (nSPS) is 10.3. The molecule has 0 aliphatic heterocycles. The first-order valence-electron chi connectivity index (χ1n) is 3.84. The molecule has 0 fully saturated rings. The van der Waals surface area contributed by atoms with Crippen molar-refractivity contribution in [1.29, 1.82) is 0 Å². The SMILES string of the molecule is COCOc1ccc(F)c(SC)c1F. The summed E-state index contributed by atoms with van der Waals surface area (Å²) in [7, 11) is 1.43. The summed E-state index contributed by atoms with van der Waals surface area (Å²) >= 11 is 0.999. The molecular formula is C9H10F2O2S. The van der Waals surface area contributed by atoms with Crippen molar-refractivity contribution in [3.63, 3.8) is 0 Å². The van der Waals surface area contributed by atoms with Crippen LogP contribution in [0.1, 0.15) is 0 Å².